The summed E-state index contributed by atoms with van der Waals surface area (Å²) in [5.74, 6) is 0. The molecule has 26 heavy (non-hydrogen) atoms. The van der Waals surface area contributed by atoms with Gasteiger partial charge in [0.1, 0.15) is 4.21 Å². The minimum absolute atomic E-state index is 0.103. The molecule has 0 radical (unpaired) electrons. The maximum Gasteiger partial charge on any atom is 0.253 e. The summed E-state index contributed by atoms with van der Waals surface area (Å²) in [6.07, 6.45) is 8.24. The van der Waals surface area contributed by atoms with E-state index in [-0.39, 0.29) is 6.04 Å². The summed E-state index contributed by atoms with van der Waals surface area (Å²) in [6.45, 7) is 2.48. The summed E-state index contributed by atoms with van der Waals surface area (Å²) in [5, 5.41) is 4.69. The highest BCUT2D eigenvalue weighted by molar-refractivity contribution is 7.91. The number of thiophene rings is 1. The van der Waals surface area contributed by atoms with Crippen LogP contribution in [0.2, 0.25) is 0 Å². The van der Waals surface area contributed by atoms with Crippen molar-refractivity contribution in [3.05, 3.63) is 34.0 Å². The molecule has 0 unspecified atom stereocenters. The lowest BCUT2D eigenvalue weighted by Gasteiger charge is -2.27. The Morgan fingerprint density at radius 3 is 2.69 bits per heavy atom. The van der Waals surface area contributed by atoms with Crippen LogP contribution in [0.3, 0.4) is 0 Å². The van der Waals surface area contributed by atoms with Crippen LogP contribution in [0.4, 0.5) is 0 Å². The molecule has 0 spiro atoms. The predicted molar refractivity (Wildman–Crippen MR) is 104 cm³/mol. The van der Waals surface area contributed by atoms with Crippen LogP contribution in [-0.2, 0) is 42.9 Å². The van der Waals surface area contributed by atoms with Gasteiger partial charge in [0, 0.05) is 23.7 Å². The molecular weight excluding hydrogens is 366 g/mol. The van der Waals surface area contributed by atoms with Crippen LogP contribution in [0.5, 0.6) is 0 Å². The SMILES string of the molecule is CCc1ccc(S(=O)(=O)N(Cc2nn(C)c3c2CCC3)C2CCCC2)s1. The molecule has 0 N–H and O–H groups in total. The van der Waals surface area contributed by atoms with Crippen LogP contribution >= 0.6 is 11.3 Å². The molecule has 2 aliphatic rings. The molecule has 2 heterocycles. The van der Waals surface area contributed by atoms with Gasteiger partial charge in [0.15, 0.2) is 0 Å². The van der Waals surface area contributed by atoms with Gasteiger partial charge in [-0.3, -0.25) is 4.68 Å². The van der Waals surface area contributed by atoms with Gasteiger partial charge in [-0.25, -0.2) is 8.42 Å². The molecule has 5 nitrogen and oxygen atoms in total. The van der Waals surface area contributed by atoms with Gasteiger partial charge in [0.2, 0.25) is 0 Å². The van der Waals surface area contributed by atoms with Crippen LogP contribution in [0.1, 0.15) is 60.9 Å². The maximum atomic E-state index is 13.5. The van der Waals surface area contributed by atoms with Crippen molar-refractivity contribution in [2.75, 3.05) is 0 Å². The monoisotopic (exact) mass is 393 g/mol. The Morgan fingerprint density at radius 1 is 1.23 bits per heavy atom. The zero-order valence-corrected chi connectivity index (χ0v) is 17.2. The predicted octanol–water partition coefficient (Wildman–Crippen LogP) is 3.67. The molecular formula is C19H27N3O2S2. The van der Waals surface area contributed by atoms with Crippen LogP contribution in [0, 0.1) is 0 Å². The lowest BCUT2D eigenvalue weighted by Crippen LogP contribution is -2.38. The zero-order valence-electron chi connectivity index (χ0n) is 15.6. The molecule has 142 valence electrons. The number of nitrogens with zero attached hydrogens (tertiary/aromatic N) is 3. The molecule has 4 rings (SSSR count). The fourth-order valence-corrected chi connectivity index (χ4v) is 7.45. The molecule has 7 heteroatoms. The van der Waals surface area contributed by atoms with E-state index < -0.39 is 10.0 Å². The summed E-state index contributed by atoms with van der Waals surface area (Å²) in [4.78, 5) is 1.12. The number of rotatable bonds is 6. The van der Waals surface area contributed by atoms with Crippen molar-refractivity contribution < 1.29 is 8.42 Å². The highest BCUT2D eigenvalue weighted by Crippen LogP contribution is 2.34. The Hall–Kier alpha value is -1.18. The molecule has 0 bridgehead atoms. The molecule has 0 atom stereocenters. The van der Waals surface area contributed by atoms with Gasteiger partial charge in [-0.1, -0.05) is 19.8 Å². The Balaban J connectivity index is 1.70. The number of hydrogen-bond acceptors (Lipinski definition) is 4. The van der Waals surface area contributed by atoms with E-state index in [1.54, 1.807) is 10.4 Å². The van der Waals surface area contributed by atoms with E-state index in [9.17, 15) is 8.42 Å². The van der Waals surface area contributed by atoms with Gasteiger partial charge >= 0.3 is 0 Å². The van der Waals surface area contributed by atoms with E-state index in [0.29, 0.717) is 10.8 Å². The molecule has 0 aromatic carbocycles. The number of aryl methyl sites for hydroxylation is 2. The number of aromatic nitrogens is 2. The Labute approximate surface area is 160 Å². The third-order valence-electron chi connectivity index (χ3n) is 5.78. The number of hydrogen-bond donors (Lipinski definition) is 0. The average molecular weight is 394 g/mol. The Kier molecular flexibility index (Phi) is 4.96. The van der Waals surface area contributed by atoms with Crippen molar-refractivity contribution in [2.45, 2.75) is 75.1 Å². The first-order chi connectivity index (χ1) is 12.5. The van der Waals surface area contributed by atoms with Crippen molar-refractivity contribution in [3.8, 4) is 0 Å². The first-order valence-corrected chi connectivity index (χ1v) is 11.9. The summed E-state index contributed by atoms with van der Waals surface area (Å²) >= 11 is 1.41. The van der Waals surface area contributed by atoms with Crippen molar-refractivity contribution in [2.24, 2.45) is 7.05 Å². The van der Waals surface area contributed by atoms with E-state index in [0.717, 1.165) is 61.9 Å². The molecule has 2 aromatic heterocycles. The van der Waals surface area contributed by atoms with Crippen molar-refractivity contribution in [1.82, 2.24) is 14.1 Å². The van der Waals surface area contributed by atoms with E-state index in [1.807, 2.05) is 17.8 Å². The molecule has 1 fully saturated rings. The second-order valence-electron chi connectivity index (χ2n) is 7.41. The normalized spacial score (nSPS) is 18.1. The number of sulfonamides is 1. The average Bonchev–Trinajstić information content (AvgIpc) is 3.39. The van der Waals surface area contributed by atoms with Crippen LogP contribution in [0.25, 0.3) is 0 Å². The van der Waals surface area contributed by atoms with Gasteiger partial charge in [-0.15, -0.1) is 11.3 Å². The number of fused-ring (bicyclic) bond motifs is 1. The lowest BCUT2D eigenvalue weighted by molar-refractivity contribution is 0.312. The van der Waals surface area contributed by atoms with Gasteiger partial charge in [-0.05, 0) is 56.2 Å². The van der Waals surface area contributed by atoms with Crippen LogP contribution in [0.15, 0.2) is 16.3 Å². The van der Waals surface area contributed by atoms with Gasteiger partial charge in [0.05, 0.1) is 12.2 Å². The molecule has 2 aromatic rings. The second kappa shape index (κ2) is 7.09. The standard InChI is InChI=1S/C19H27N3O2S2/c1-3-15-11-12-19(25-15)26(23,24)22(14-7-4-5-8-14)13-17-16-9-6-10-18(16)21(2)20-17/h11-12,14H,3-10,13H2,1-2H3. The fraction of sp³-hybridized carbons (Fsp3) is 0.632. The summed E-state index contributed by atoms with van der Waals surface area (Å²) in [7, 11) is -1.50. The Bertz CT molecular complexity index is 892. The first kappa shape index (κ1) is 18.2. The topological polar surface area (TPSA) is 55.2 Å². The van der Waals surface area contributed by atoms with Gasteiger partial charge in [-0.2, -0.15) is 9.40 Å². The van der Waals surface area contributed by atoms with E-state index in [2.05, 4.69) is 12.0 Å². The molecule has 2 aliphatic carbocycles. The molecule has 1 saturated carbocycles. The summed E-state index contributed by atoms with van der Waals surface area (Å²) < 4.78 is 31.1. The maximum absolute atomic E-state index is 13.5. The summed E-state index contributed by atoms with van der Waals surface area (Å²) in [6, 6.07) is 3.83. The van der Waals surface area contributed by atoms with Crippen LogP contribution < -0.4 is 0 Å². The largest absolute Gasteiger partial charge is 0.272 e. The first-order valence-electron chi connectivity index (χ1n) is 9.65. The third-order valence-corrected chi connectivity index (χ3v) is 9.38. The van der Waals surface area contributed by atoms with Gasteiger partial charge < -0.3 is 0 Å². The minimum Gasteiger partial charge on any atom is -0.272 e. The molecule has 0 saturated heterocycles. The third kappa shape index (κ3) is 3.14. The summed E-state index contributed by atoms with van der Waals surface area (Å²) in [5.41, 5.74) is 3.53. The van der Waals surface area contributed by atoms with E-state index in [1.165, 1.54) is 22.6 Å². The Morgan fingerprint density at radius 2 is 2.00 bits per heavy atom. The zero-order chi connectivity index (χ0) is 18.3. The van der Waals surface area contributed by atoms with Crippen molar-refractivity contribution in [3.63, 3.8) is 0 Å². The molecule has 0 aliphatic heterocycles. The van der Waals surface area contributed by atoms with Crippen molar-refractivity contribution in [1.29, 1.82) is 0 Å². The van der Waals surface area contributed by atoms with E-state index >= 15 is 0 Å². The highest BCUT2D eigenvalue weighted by Gasteiger charge is 2.36. The highest BCUT2D eigenvalue weighted by atomic mass is 32.2. The van der Waals surface area contributed by atoms with E-state index in [4.69, 9.17) is 0 Å². The second-order valence-corrected chi connectivity index (χ2v) is 10.7. The smallest absolute Gasteiger partial charge is 0.253 e. The van der Waals surface area contributed by atoms with Gasteiger partial charge in [0.25, 0.3) is 10.0 Å². The quantitative estimate of drug-likeness (QED) is 0.752. The fourth-order valence-electron chi connectivity index (χ4n) is 4.38. The lowest BCUT2D eigenvalue weighted by atomic mass is 10.2. The van der Waals surface area contributed by atoms with Crippen LogP contribution in [-0.4, -0.2) is 28.5 Å². The molecule has 0 amide bonds. The minimum atomic E-state index is -3.48. The van der Waals surface area contributed by atoms with Crippen molar-refractivity contribution >= 4 is 21.4 Å².